The van der Waals surface area contributed by atoms with E-state index in [1.165, 1.54) is 0 Å². The van der Waals surface area contributed by atoms with E-state index in [0.29, 0.717) is 24.3 Å². The summed E-state index contributed by atoms with van der Waals surface area (Å²) in [4.78, 5) is 12.0. The van der Waals surface area contributed by atoms with Crippen molar-refractivity contribution in [3.63, 3.8) is 0 Å². The second-order valence-electron chi connectivity index (χ2n) is 4.71. The van der Waals surface area contributed by atoms with Crippen LogP contribution in [0.25, 0.3) is 0 Å². The summed E-state index contributed by atoms with van der Waals surface area (Å²) in [5, 5.41) is 2.89. The van der Waals surface area contributed by atoms with E-state index in [-0.39, 0.29) is 5.91 Å². The van der Waals surface area contributed by atoms with E-state index < -0.39 is 0 Å². The number of methoxy groups -OCH3 is 2. The van der Waals surface area contributed by atoms with Gasteiger partial charge in [-0.05, 0) is 64.9 Å². The molecule has 0 saturated heterocycles. The molecule has 5 heteroatoms. The average Bonchev–Trinajstić information content (AvgIpc) is 2.54. The Balaban J connectivity index is 1.98. The Morgan fingerprint density at radius 1 is 1.09 bits per heavy atom. The molecular formula is C17H18INO3. The highest BCUT2D eigenvalue weighted by molar-refractivity contribution is 14.1. The number of halogens is 1. The van der Waals surface area contributed by atoms with Crippen LogP contribution in [-0.4, -0.2) is 20.1 Å². The van der Waals surface area contributed by atoms with Gasteiger partial charge in [0.05, 0.1) is 14.2 Å². The second-order valence-corrected chi connectivity index (χ2v) is 5.95. The topological polar surface area (TPSA) is 47.6 Å². The molecule has 2 rings (SSSR count). The van der Waals surface area contributed by atoms with Crippen molar-refractivity contribution in [2.45, 2.75) is 12.8 Å². The SMILES string of the molecule is COc1cccc(CCC(=O)Nc2ccc(I)cc2)c1OC. The van der Waals surface area contributed by atoms with Crippen LogP contribution in [0.2, 0.25) is 0 Å². The van der Waals surface area contributed by atoms with Crippen molar-refractivity contribution in [2.24, 2.45) is 0 Å². The zero-order valence-electron chi connectivity index (χ0n) is 12.6. The van der Waals surface area contributed by atoms with Crippen molar-refractivity contribution >= 4 is 34.2 Å². The lowest BCUT2D eigenvalue weighted by Gasteiger charge is -2.12. The minimum Gasteiger partial charge on any atom is -0.493 e. The normalized spacial score (nSPS) is 10.1. The average molecular weight is 411 g/mol. The van der Waals surface area contributed by atoms with Crippen molar-refractivity contribution in [3.05, 3.63) is 51.6 Å². The highest BCUT2D eigenvalue weighted by Crippen LogP contribution is 2.31. The molecule has 116 valence electrons. The van der Waals surface area contributed by atoms with Crippen molar-refractivity contribution < 1.29 is 14.3 Å². The summed E-state index contributed by atoms with van der Waals surface area (Å²) in [7, 11) is 3.21. The standard InChI is InChI=1S/C17H18INO3/c1-21-15-5-3-4-12(17(15)22-2)6-11-16(20)19-14-9-7-13(18)8-10-14/h3-5,7-10H,6,11H2,1-2H3,(H,19,20). The van der Waals surface area contributed by atoms with Crippen LogP contribution in [0.3, 0.4) is 0 Å². The fourth-order valence-electron chi connectivity index (χ4n) is 2.16. The number of aryl methyl sites for hydroxylation is 1. The van der Waals surface area contributed by atoms with Gasteiger partial charge >= 0.3 is 0 Å². The summed E-state index contributed by atoms with van der Waals surface area (Å²) in [6, 6.07) is 13.4. The molecule has 1 N–H and O–H groups in total. The molecule has 4 nitrogen and oxygen atoms in total. The zero-order valence-corrected chi connectivity index (χ0v) is 14.7. The first-order chi connectivity index (χ1) is 10.6. The predicted molar refractivity (Wildman–Crippen MR) is 95.7 cm³/mol. The predicted octanol–water partition coefficient (Wildman–Crippen LogP) is 3.88. The van der Waals surface area contributed by atoms with Crippen molar-refractivity contribution in [1.82, 2.24) is 0 Å². The Bertz CT molecular complexity index is 641. The van der Waals surface area contributed by atoms with E-state index in [1.54, 1.807) is 14.2 Å². The molecule has 0 radical (unpaired) electrons. The molecule has 2 aromatic rings. The molecule has 0 aromatic heterocycles. The van der Waals surface area contributed by atoms with Crippen LogP contribution in [0.5, 0.6) is 11.5 Å². The van der Waals surface area contributed by atoms with E-state index in [9.17, 15) is 4.79 Å². The van der Waals surface area contributed by atoms with Crippen LogP contribution in [0.4, 0.5) is 5.69 Å². The van der Waals surface area contributed by atoms with E-state index in [1.807, 2.05) is 42.5 Å². The number of rotatable bonds is 6. The Hall–Kier alpha value is -1.76. The number of benzene rings is 2. The Kier molecular flexibility index (Phi) is 6.06. The lowest BCUT2D eigenvalue weighted by Crippen LogP contribution is -2.12. The molecule has 0 spiro atoms. The Labute approximate surface area is 144 Å². The van der Waals surface area contributed by atoms with Crippen LogP contribution >= 0.6 is 22.6 Å². The Morgan fingerprint density at radius 2 is 1.82 bits per heavy atom. The van der Waals surface area contributed by atoms with E-state index in [0.717, 1.165) is 14.8 Å². The number of hydrogen-bond donors (Lipinski definition) is 1. The minimum absolute atomic E-state index is 0.0221. The van der Waals surface area contributed by atoms with Crippen LogP contribution < -0.4 is 14.8 Å². The third-order valence-corrected chi connectivity index (χ3v) is 3.95. The fraction of sp³-hybridized carbons (Fsp3) is 0.235. The second kappa shape index (κ2) is 8.03. The maximum atomic E-state index is 12.0. The molecule has 1 amide bonds. The first-order valence-electron chi connectivity index (χ1n) is 6.89. The van der Waals surface area contributed by atoms with E-state index in [4.69, 9.17) is 9.47 Å². The van der Waals surface area contributed by atoms with Crippen LogP contribution in [-0.2, 0) is 11.2 Å². The first kappa shape index (κ1) is 16.6. The van der Waals surface area contributed by atoms with Gasteiger partial charge in [0.1, 0.15) is 0 Å². The summed E-state index contributed by atoms with van der Waals surface area (Å²) < 4.78 is 11.8. The maximum absolute atomic E-state index is 12.0. The highest BCUT2D eigenvalue weighted by Gasteiger charge is 2.11. The van der Waals surface area contributed by atoms with E-state index in [2.05, 4.69) is 27.9 Å². The quantitative estimate of drug-likeness (QED) is 0.735. The molecule has 0 fully saturated rings. The molecule has 0 aliphatic heterocycles. The van der Waals surface area contributed by atoms with Gasteiger partial charge in [-0.3, -0.25) is 4.79 Å². The molecule has 0 bridgehead atoms. The monoisotopic (exact) mass is 411 g/mol. The number of ether oxygens (including phenoxy) is 2. The summed E-state index contributed by atoms with van der Waals surface area (Å²) in [5.41, 5.74) is 1.77. The number of hydrogen-bond acceptors (Lipinski definition) is 3. The molecule has 0 saturated carbocycles. The summed E-state index contributed by atoms with van der Waals surface area (Å²) in [6.07, 6.45) is 0.978. The van der Waals surface area contributed by atoms with Gasteiger partial charge in [0, 0.05) is 15.7 Å². The fourth-order valence-corrected chi connectivity index (χ4v) is 2.52. The van der Waals surface area contributed by atoms with Gasteiger partial charge in [-0.1, -0.05) is 12.1 Å². The van der Waals surface area contributed by atoms with Crippen LogP contribution in [0.1, 0.15) is 12.0 Å². The zero-order chi connectivity index (χ0) is 15.9. The number of nitrogens with one attached hydrogen (secondary N) is 1. The number of carbonyl (C=O) groups excluding carboxylic acids is 1. The number of amides is 1. The van der Waals surface area contributed by atoms with Gasteiger partial charge in [0.2, 0.25) is 5.91 Å². The molecule has 0 aliphatic rings. The Morgan fingerprint density at radius 3 is 2.45 bits per heavy atom. The maximum Gasteiger partial charge on any atom is 0.224 e. The summed E-state index contributed by atoms with van der Waals surface area (Å²) in [5.74, 6) is 1.34. The van der Waals surface area contributed by atoms with Gasteiger partial charge in [-0.15, -0.1) is 0 Å². The highest BCUT2D eigenvalue weighted by atomic mass is 127. The summed E-state index contributed by atoms with van der Waals surface area (Å²) in [6.45, 7) is 0. The molecular weight excluding hydrogens is 393 g/mol. The minimum atomic E-state index is -0.0221. The van der Waals surface area contributed by atoms with Gasteiger partial charge in [0.25, 0.3) is 0 Å². The van der Waals surface area contributed by atoms with Gasteiger partial charge in [-0.2, -0.15) is 0 Å². The molecule has 22 heavy (non-hydrogen) atoms. The third kappa shape index (κ3) is 4.37. The van der Waals surface area contributed by atoms with Crippen molar-refractivity contribution in [2.75, 3.05) is 19.5 Å². The number of carbonyl (C=O) groups is 1. The molecule has 0 atom stereocenters. The third-order valence-electron chi connectivity index (χ3n) is 3.23. The van der Waals surface area contributed by atoms with Crippen molar-refractivity contribution in [3.8, 4) is 11.5 Å². The van der Waals surface area contributed by atoms with Gasteiger partial charge in [-0.25, -0.2) is 0 Å². The van der Waals surface area contributed by atoms with Crippen LogP contribution in [0.15, 0.2) is 42.5 Å². The lowest BCUT2D eigenvalue weighted by atomic mass is 10.1. The van der Waals surface area contributed by atoms with Crippen LogP contribution in [0, 0.1) is 3.57 Å². The molecule has 0 aliphatic carbocycles. The number of anilines is 1. The lowest BCUT2D eigenvalue weighted by molar-refractivity contribution is -0.116. The van der Waals surface area contributed by atoms with Gasteiger partial charge in [0.15, 0.2) is 11.5 Å². The van der Waals surface area contributed by atoms with E-state index >= 15 is 0 Å². The first-order valence-corrected chi connectivity index (χ1v) is 7.97. The van der Waals surface area contributed by atoms with Crippen molar-refractivity contribution in [1.29, 1.82) is 0 Å². The molecule has 0 unspecified atom stereocenters. The smallest absolute Gasteiger partial charge is 0.224 e. The largest absolute Gasteiger partial charge is 0.493 e. The molecule has 0 heterocycles. The van der Waals surface area contributed by atoms with Gasteiger partial charge < -0.3 is 14.8 Å². The summed E-state index contributed by atoms with van der Waals surface area (Å²) >= 11 is 2.23. The number of para-hydroxylation sites is 1. The molecule has 2 aromatic carbocycles.